The summed E-state index contributed by atoms with van der Waals surface area (Å²) in [7, 11) is 1.46. The molecule has 106 valence electrons. The molecule has 0 unspecified atom stereocenters. The highest BCUT2D eigenvalue weighted by atomic mass is 35.5. The average Bonchev–Trinajstić information content (AvgIpc) is 2.62. The van der Waals surface area contributed by atoms with Crippen LogP contribution in [0.2, 0.25) is 5.15 Å². The molecular formula is C13H14ClN3O3. The second kappa shape index (κ2) is 5.50. The van der Waals surface area contributed by atoms with Crippen LogP contribution in [-0.4, -0.2) is 23.0 Å². The number of methoxy groups -OCH3 is 1. The van der Waals surface area contributed by atoms with E-state index >= 15 is 0 Å². The molecule has 2 aromatic heterocycles. The Kier molecular flexibility index (Phi) is 3.94. The van der Waals surface area contributed by atoms with Gasteiger partial charge in [-0.1, -0.05) is 11.6 Å². The maximum Gasteiger partial charge on any atom is 0.261 e. The Hall–Kier alpha value is -2.08. The van der Waals surface area contributed by atoms with Gasteiger partial charge in [-0.25, -0.2) is 4.98 Å². The Labute approximate surface area is 121 Å². The van der Waals surface area contributed by atoms with Crippen LogP contribution in [0.25, 0.3) is 0 Å². The summed E-state index contributed by atoms with van der Waals surface area (Å²) in [6, 6.07) is 1.45. The lowest BCUT2D eigenvalue weighted by molar-refractivity contribution is 0.102. The number of amides is 1. The molecule has 0 aliphatic carbocycles. The molecule has 0 aromatic carbocycles. The Morgan fingerprint density at radius 1 is 1.30 bits per heavy atom. The standard InChI is InChI=1S/C13H14ClN3O3/c1-6-7(2)20-8(3)11(6)12(18)17-13-15-9(14)5-10(16-13)19-4/h5H,1-4H3,(H,15,16,17,18). The highest BCUT2D eigenvalue weighted by molar-refractivity contribution is 6.29. The summed E-state index contributed by atoms with van der Waals surface area (Å²) in [6.07, 6.45) is 0. The molecule has 20 heavy (non-hydrogen) atoms. The van der Waals surface area contributed by atoms with Gasteiger partial charge < -0.3 is 9.15 Å². The third-order valence-corrected chi connectivity index (χ3v) is 3.09. The number of nitrogens with zero attached hydrogens (tertiary/aromatic N) is 2. The minimum Gasteiger partial charge on any atom is -0.481 e. The maximum atomic E-state index is 12.2. The van der Waals surface area contributed by atoms with Gasteiger partial charge in [-0.15, -0.1) is 0 Å². The number of aryl methyl sites for hydroxylation is 2. The zero-order valence-electron chi connectivity index (χ0n) is 11.6. The van der Waals surface area contributed by atoms with Gasteiger partial charge in [0.15, 0.2) is 0 Å². The van der Waals surface area contributed by atoms with Crippen LogP contribution in [0.4, 0.5) is 5.95 Å². The number of anilines is 1. The average molecular weight is 296 g/mol. The monoisotopic (exact) mass is 295 g/mol. The zero-order valence-corrected chi connectivity index (χ0v) is 12.3. The molecule has 0 aliphatic heterocycles. The topological polar surface area (TPSA) is 77.2 Å². The summed E-state index contributed by atoms with van der Waals surface area (Å²) in [6.45, 7) is 5.35. The van der Waals surface area contributed by atoms with E-state index in [1.54, 1.807) is 13.8 Å². The van der Waals surface area contributed by atoms with E-state index in [1.807, 2.05) is 6.92 Å². The number of nitrogens with one attached hydrogen (secondary N) is 1. The van der Waals surface area contributed by atoms with Crippen molar-refractivity contribution in [3.05, 3.63) is 33.9 Å². The SMILES string of the molecule is COc1cc(Cl)nc(NC(=O)c2c(C)oc(C)c2C)n1. The van der Waals surface area contributed by atoms with Crippen LogP contribution in [0.15, 0.2) is 10.5 Å². The largest absolute Gasteiger partial charge is 0.481 e. The molecule has 0 aliphatic rings. The van der Waals surface area contributed by atoms with Crippen molar-refractivity contribution in [2.24, 2.45) is 0 Å². The van der Waals surface area contributed by atoms with Crippen molar-refractivity contribution < 1.29 is 13.9 Å². The Bertz CT molecular complexity index is 667. The van der Waals surface area contributed by atoms with E-state index < -0.39 is 0 Å². The molecule has 1 amide bonds. The van der Waals surface area contributed by atoms with E-state index in [9.17, 15) is 4.79 Å². The van der Waals surface area contributed by atoms with Crippen molar-refractivity contribution >= 4 is 23.5 Å². The molecule has 0 spiro atoms. The molecule has 1 N–H and O–H groups in total. The van der Waals surface area contributed by atoms with Gasteiger partial charge in [0.1, 0.15) is 16.7 Å². The number of furan rings is 1. The minimum absolute atomic E-state index is 0.0806. The van der Waals surface area contributed by atoms with Gasteiger partial charge in [-0.05, 0) is 20.8 Å². The molecular weight excluding hydrogens is 282 g/mol. The molecule has 2 rings (SSSR count). The van der Waals surface area contributed by atoms with Gasteiger partial charge in [0, 0.05) is 11.6 Å². The number of carbonyl (C=O) groups is 1. The predicted molar refractivity (Wildman–Crippen MR) is 74.5 cm³/mol. The summed E-state index contributed by atoms with van der Waals surface area (Å²) >= 11 is 5.82. The molecule has 6 nitrogen and oxygen atoms in total. The van der Waals surface area contributed by atoms with Gasteiger partial charge in [0.05, 0.1) is 12.7 Å². The van der Waals surface area contributed by atoms with Crippen LogP contribution in [-0.2, 0) is 0 Å². The molecule has 0 fully saturated rings. The van der Waals surface area contributed by atoms with E-state index in [2.05, 4.69) is 15.3 Å². The van der Waals surface area contributed by atoms with Crippen LogP contribution in [0.3, 0.4) is 0 Å². The quantitative estimate of drug-likeness (QED) is 0.881. The second-order valence-corrected chi connectivity index (χ2v) is 4.61. The van der Waals surface area contributed by atoms with Crippen LogP contribution in [0, 0.1) is 20.8 Å². The minimum atomic E-state index is -0.346. The molecule has 0 bridgehead atoms. The van der Waals surface area contributed by atoms with Crippen molar-refractivity contribution in [3.63, 3.8) is 0 Å². The van der Waals surface area contributed by atoms with Crippen molar-refractivity contribution in [2.45, 2.75) is 20.8 Å². The van der Waals surface area contributed by atoms with Crippen LogP contribution in [0.1, 0.15) is 27.4 Å². The molecule has 7 heteroatoms. The second-order valence-electron chi connectivity index (χ2n) is 4.23. The number of rotatable bonds is 3. The highest BCUT2D eigenvalue weighted by Crippen LogP contribution is 2.22. The summed E-state index contributed by atoms with van der Waals surface area (Å²) < 4.78 is 10.4. The molecule has 0 atom stereocenters. The molecule has 0 saturated carbocycles. The van der Waals surface area contributed by atoms with Gasteiger partial charge >= 0.3 is 0 Å². The summed E-state index contributed by atoms with van der Waals surface area (Å²) in [5.41, 5.74) is 1.26. The number of carbonyl (C=O) groups excluding carboxylic acids is 1. The Balaban J connectivity index is 2.30. The molecule has 2 aromatic rings. The van der Waals surface area contributed by atoms with E-state index in [0.29, 0.717) is 17.1 Å². The number of hydrogen-bond acceptors (Lipinski definition) is 5. The fourth-order valence-electron chi connectivity index (χ4n) is 1.85. The first kappa shape index (κ1) is 14.3. The molecule has 2 heterocycles. The first-order valence-corrected chi connectivity index (χ1v) is 6.26. The van der Waals surface area contributed by atoms with Gasteiger partial charge in [-0.2, -0.15) is 4.98 Å². The first-order valence-electron chi connectivity index (χ1n) is 5.89. The predicted octanol–water partition coefficient (Wildman–Crippen LogP) is 2.91. The summed E-state index contributed by atoms with van der Waals surface area (Å²) in [5, 5.41) is 2.77. The lowest BCUT2D eigenvalue weighted by Crippen LogP contribution is -2.16. The summed E-state index contributed by atoms with van der Waals surface area (Å²) in [5.74, 6) is 1.26. The van der Waals surface area contributed by atoms with E-state index in [0.717, 1.165) is 5.56 Å². The highest BCUT2D eigenvalue weighted by Gasteiger charge is 2.19. The van der Waals surface area contributed by atoms with Crippen molar-refractivity contribution in [1.82, 2.24) is 9.97 Å². The van der Waals surface area contributed by atoms with Crippen LogP contribution < -0.4 is 10.1 Å². The molecule has 0 saturated heterocycles. The Morgan fingerprint density at radius 2 is 2.00 bits per heavy atom. The van der Waals surface area contributed by atoms with Gasteiger partial charge in [0.2, 0.25) is 11.8 Å². The first-order chi connectivity index (χ1) is 9.42. The van der Waals surface area contributed by atoms with Gasteiger partial charge in [0.25, 0.3) is 5.91 Å². The van der Waals surface area contributed by atoms with E-state index in [1.165, 1.54) is 13.2 Å². The number of ether oxygens (including phenoxy) is 1. The van der Waals surface area contributed by atoms with E-state index in [4.69, 9.17) is 20.8 Å². The summed E-state index contributed by atoms with van der Waals surface area (Å²) in [4.78, 5) is 20.2. The van der Waals surface area contributed by atoms with E-state index in [-0.39, 0.29) is 22.9 Å². The third-order valence-electron chi connectivity index (χ3n) is 2.89. The third kappa shape index (κ3) is 2.75. The van der Waals surface area contributed by atoms with Crippen molar-refractivity contribution in [1.29, 1.82) is 0 Å². The fourth-order valence-corrected chi connectivity index (χ4v) is 2.02. The number of aromatic nitrogens is 2. The number of hydrogen-bond donors (Lipinski definition) is 1. The normalized spacial score (nSPS) is 10.4. The van der Waals surface area contributed by atoms with Gasteiger partial charge in [-0.3, -0.25) is 10.1 Å². The van der Waals surface area contributed by atoms with Crippen molar-refractivity contribution in [2.75, 3.05) is 12.4 Å². The van der Waals surface area contributed by atoms with Crippen LogP contribution >= 0.6 is 11.6 Å². The van der Waals surface area contributed by atoms with Crippen LogP contribution in [0.5, 0.6) is 5.88 Å². The fraction of sp³-hybridized carbons (Fsp3) is 0.308. The zero-order chi connectivity index (χ0) is 14.9. The molecule has 0 radical (unpaired) electrons. The lowest BCUT2D eigenvalue weighted by atomic mass is 10.1. The smallest absolute Gasteiger partial charge is 0.261 e. The number of halogens is 1. The van der Waals surface area contributed by atoms with Crippen molar-refractivity contribution in [3.8, 4) is 5.88 Å². The maximum absolute atomic E-state index is 12.2. The lowest BCUT2D eigenvalue weighted by Gasteiger charge is -2.06. The Morgan fingerprint density at radius 3 is 2.55 bits per heavy atom.